The minimum absolute atomic E-state index is 0.346. The average molecular weight is 279 g/mol. The number of rotatable bonds is 6. The molecular formula is C16H25NOS. The quantitative estimate of drug-likeness (QED) is 0.822. The van der Waals surface area contributed by atoms with Crippen LogP contribution in [0.2, 0.25) is 0 Å². The standard InChI is InChI=1S/C16H25NOS/c1-3-14(12-8-10-13(18)11-9-12)17-15-6-5-7-16(15)19-4-2/h8-11,14-18H,3-7H2,1-2H3. The zero-order valence-corrected chi connectivity index (χ0v) is 12.7. The Morgan fingerprint density at radius 3 is 2.63 bits per heavy atom. The highest BCUT2D eigenvalue weighted by Gasteiger charge is 2.28. The van der Waals surface area contributed by atoms with Crippen LogP contribution in [0.4, 0.5) is 0 Å². The second-order valence-electron chi connectivity index (χ2n) is 5.25. The van der Waals surface area contributed by atoms with Gasteiger partial charge in [-0.15, -0.1) is 0 Å². The van der Waals surface area contributed by atoms with Crippen molar-refractivity contribution in [3.63, 3.8) is 0 Å². The number of nitrogens with one attached hydrogen (secondary N) is 1. The van der Waals surface area contributed by atoms with E-state index in [0.29, 0.717) is 17.8 Å². The third-order valence-electron chi connectivity index (χ3n) is 3.95. The molecule has 3 unspecified atom stereocenters. The van der Waals surface area contributed by atoms with E-state index in [1.165, 1.54) is 30.6 Å². The highest BCUT2D eigenvalue weighted by Crippen LogP contribution is 2.32. The molecule has 0 aromatic heterocycles. The lowest BCUT2D eigenvalue weighted by Crippen LogP contribution is -2.37. The van der Waals surface area contributed by atoms with Crippen LogP contribution in [0.3, 0.4) is 0 Å². The molecule has 1 aliphatic carbocycles. The van der Waals surface area contributed by atoms with E-state index in [2.05, 4.69) is 30.9 Å². The maximum absolute atomic E-state index is 9.38. The molecule has 2 N–H and O–H groups in total. The fraction of sp³-hybridized carbons (Fsp3) is 0.625. The fourth-order valence-corrected chi connectivity index (χ4v) is 4.15. The van der Waals surface area contributed by atoms with Crippen molar-refractivity contribution in [2.75, 3.05) is 5.75 Å². The summed E-state index contributed by atoms with van der Waals surface area (Å²) in [5.74, 6) is 1.55. The summed E-state index contributed by atoms with van der Waals surface area (Å²) >= 11 is 2.09. The molecule has 0 radical (unpaired) electrons. The molecule has 2 rings (SSSR count). The van der Waals surface area contributed by atoms with E-state index in [0.717, 1.165) is 11.7 Å². The smallest absolute Gasteiger partial charge is 0.115 e. The Bertz CT molecular complexity index is 379. The predicted molar refractivity (Wildman–Crippen MR) is 83.8 cm³/mol. The molecule has 2 nitrogen and oxygen atoms in total. The molecule has 1 aromatic rings. The van der Waals surface area contributed by atoms with Gasteiger partial charge in [0.15, 0.2) is 0 Å². The maximum Gasteiger partial charge on any atom is 0.115 e. The van der Waals surface area contributed by atoms with Crippen LogP contribution in [0, 0.1) is 0 Å². The first-order valence-corrected chi connectivity index (χ1v) is 8.46. The van der Waals surface area contributed by atoms with Gasteiger partial charge < -0.3 is 10.4 Å². The first kappa shape index (κ1) is 14.7. The van der Waals surface area contributed by atoms with E-state index >= 15 is 0 Å². The summed E-state index contributed by atoms with van der Waals surface area (Å²) in [4.78, 5) is 0. The minimum Gasteiger partial charge on any atom is -0.508 e. The lowest BCUT2D eigenvalue weighted by Gasteiger charge is -2.26. The van der Waals surface area contributed by atoms with Crippen LogP contribution >= 0.6 is 11.8 Å². The van der Waals surface area contributed by atoms with E-state index in [-0.39, 0.29) is 0 Å². The summed E-state index contributed by atoms with van der Waals surface area (Å²) in [7, 11) is 0. The van der Waals surface area contributed by atoms with Crippen molar-refractivity contribution in [3.8, 4) is 5.75 Å². The topological polar surface area (TPSA) is 32.3 Å². The van der Waals surface area contributed by atoms with Gasteiger partial charge in [0, 0.05) is 17.3 Å². The zero-order chi connectivity index (χ0) is 13.7. The normalized spacial score (nSPS) is 24.5. The van der Waals surface area contributed by atoms with Gasteiger partial charge in [-0.05, 0) is 42.7 Å². The molecule has 0 saturated heterocycles. The molecule has 1 aromatic carbocycles. The molecule has 0 amide bonds. The van der Waals surface area contributed by atoms with Crippen molar-refractivity contribution in [3.05, 3.63) is 29.8 Å². The number of benzene rings is 1. The van der Waals surface area contributed by atoms with Gasteiger partial charge in [0.1, 0.15) is 5.75 Å². The lowest BCUT2D eigenvalue weighted by atomic mass is 10.0. The Balaban J connectivity index is 2.00. The van der Waals surface area contributed by atoms with Gasteiger partial charge in [-0.3, -0.25) is 0 Å². The molecule has 1 saturated carbocycles. The molecule has 0 spiro atoms. The highest BCUT2D eigenvalue weighted by molar-refractivity contribution is 7.99. The van der Waals surface area contributed by atoms with Crippen molar-refractivity contribution < 1.29 is 5.11 Å². The SMILES string of the molecule is CCSC1CCCC1NC(CC)c1ccc(O)cc1. The van der Waals surface area contributed by atoms with Gasteiger partial charge in [0.25, 0.3) is 0 Å². The van der Waals surface area contributed by atoms with Gasteiger partial charge in [0.05, 0.1) is 0 Å². The summed E-state index contributed by atoms with van der Waals surface area (Å²) in [5.41, 5.74) is 1.28. The molecule has 0 bridgehead atoms. The Hall–Kier alpha value is -0.670. The second kappa shape index (κ2) is 7.20. The molecular weight excluding hydrogens is 254 g/mol. The van der Waals surface area contributed by atoms with E-state index in [9.17, 15) is 5.11 Å². The van der Waals surface area contributed by atoms with E-state index in [1.807, 2.05) is 12.1 Å². The second-order valence-corrected chi connectivity index (χ2v) is 6.77. The number of phenolic OH excluding ortho intramolecular Hbond substituents is 1. The van der Waals surface area contributed by atoms with Crippen LogP contribution in [0.1, 0.15) is 51.1 Å². The average Bonchev–Trinajstić information content (AvgIpc) is 2.85. The van der Waals surface area contributed by atoms with Crippen LogP contribution in [0.5, 0.6) is 5.75 Å². The summed E-state index contributed by atoms with van der Waals surface area (Å²) in [6.45, 7) is 4.47. The number of hydrogen-bond donors (Lipinski definition) is 2. The molecule has 0 aliphatic heterocycles. The van der Waals surface area contributed by atoms with E-state index in [1.54, 1.807) is 12.1 Å². The summed E-state index contributed by atoms with van der Waals surface area (Å²) in [6.07, 6.45) is 5.08. The zero-order valence-electron chi connectivity index (χ0n) is 11.9. The maximum atomic E-state index is 9.38. The first-order chi connectivity index (χ1) is 9.24. The highest BCUT2D eigenvalue weighted by atomic mass is 32.2. The Kier molecular flexibility index (Phi) is 5.59. The van der Waals surface area contributed by atoms with Gasteiger partial charge in [-0.25, -0.2) is 0 Å². The van der Waals surface area contributed by atoms with Crippen molar-refractivity contribution in [1.82, 2.24) is 5.32 Å². The molecule has 1 fully saturated rings. The third kappa shape index (κ3) is 3.90. The van der Waals surface area contributed by atoms with Gasteiger partial charge in [-0.1, -0.05) is 32.4 Å². The summed E-state index contributed by atoms with van der Waals surface area (Å²) in [6, 6.07) is 8.69. The fourth-order valence-electron chi connectivity index (χ4n) is 2.95. The van der Waals surface area contributed by atoms with Crippen LogP contribution < -0.4 is 5.32 Å². The monoisotopic (exact) mass is 279 g/mol. The summed E-state index contributed by atoms with van der Waals surface area (Å²) in [5, 5.41) is 14.0. The van der Waals surface area contributed by atoms with Crippen LogP contribution in [0.15, 0.2) is 24.3 Å². The van der Waals surface area contributed by atoms with Crippen molar-refractivity contribution >= 4 is 11.8 Å². The summed E-state index contributed by atoms with van der Waals surface area (Å²) < 4.78 is 0. The molecule has 19 heavy (non-hydrogen) atoms. The first-order valence-electron chi connectivity index (χ1n) is 7.41. The van der Waals surface area contributed by atoms with Crippen LogP contribution in [-0.2, 0) is 0 Å². The Labute approximate surface area is 121 Å². The van der Waals surface area contributed by atoms with Crippen LogP contribution in [-0.4, -0.2) is 22.2 Å². The minimum atomic E-state index is 0.346. The number of phenols is 1. The van der Waals surface area contributed by atoms with Crippen molar-refractivity contribution in [2.24, 2.45) is 0 Å². The Morgan fingerprint density at radius 1 is 1.26 bits per heavy atom. The van der Waals surface area contributed by atoms with Crippen molar-refractivity contribution in [2.45, 2.75) is 56.9 Å². The molecule has 1 aliphatic rings. The Morgan fingerprint density at radius 2 is 2.00 bits per heavy atom. The number of thioether (sulfide) groups is 1. The molecule has 3 atom stereocenters. The van der Waals surface area contributed by atoms with Gasteiger partial charge >= 0.3 is 0 Å². The van der Waals surface area contributed by atoms with Gasteiger partial charge in [0.2, 0.25) is 0 Å². The number of aromatic hydroxyl groups is 1. The lowest BCUT2D eigenvalue weighted by molar-refractivity contribution is 0.434. The molecule has 3 heteroatoms. The van der Waals surface area contributed by atoms with E-state index in [4.69, 9.17) is 0 Å². The predicted octanol–water partition coefficient (Wildman–Crippen LogP) is 4.11. The molecule has 106 valence electrons. The van der Waals surface area contributed by atoms with Crippen LogP contribution in [0.25, 0.3) is 0 Å². The van der Waals surface area contributed by atoms with E-state index < -0.39 is 0 Å². The van der Waals surface area contributed by atoms with Crippen molar-refractivity contribution in [1.29, 1.82) is 0 Å². The third-order valence-corrected chi connectivity index (χ3v) is 5.28. The number of hydrogen-bond acceptors (Lipinski definition) is 3. The largest absolute Gasteiger partial charge is 0.508 e. The molecule has 0 heterocycles. The van der Waals surface area contributed by atoms with Gasteiger partial charge in [-0.2, -0.15) is 11.8 Å².